The molecule has 0 aromatic carbocycles. The third kappa shape index (κ3) is 6.38. The van der Waals surface area contributed by atoms with Crippen LogP contribution in [0.1, 0.15) is 58.3 Å². The first kappa shape index (κ1) is 12.9. The van der Waals surface area contributed by atoms with E-state index < -0.39 is 0 Å². The number of hydrogen-bond acceptors (Lipinski definition) is 3. The molecule has 0 radical (unpaired) electrons. The Bertz CT molecular complexity index is 254. The summed E-state index contributed by atoms with van der Waals surface area (Å²) in [5.74, 6) is 0. The van der Waals surface area contributed by atoms with Crippen LogP contribution in [-0.2, 0) is 0 Å². The van der Waals surface area contributed by atoms with Crippen molar-refractivity contribution in [1.82, 2.24) is 5.53 Å². The van der Waals surface area contributed by atoms with Crippen LogP contribution in [0.5, 0.6) is 0 Å². The van der Waals surface area contributed by atoms with Gasteiger partial charge in [0.1, 0.15) is 0 Å². The molecule has 0 saturated heterocycles. The van der Waals surface area contributed by atoms with Crippen molar-refractivity contribution in [3.63, 3.8) is 0 Å². The summed E-state index contributed by atoms with van der Waals surface area (Å²) in [7, 11) is 0. The second kappa shape index (κ2) is 9.13. The maximum Gasteiger partial charge on any atom is 0.0624 e. The lowest BCUT2D eigenvalue weighted by atomic mass is 10.1. The predicted octanol–water partition coefficient (Wildman–Crippen LogP) is 3.63. The van der Waals surface area contributed by atoms with Gasteiger partial charge in [0.15, 0.2) is 0 Å². The van der Waals surface area contributed by atoms with Crippen molar-refractivity contribution in [2.45, 2.75) is 58.3 Å². The molecule has 0 bridgehead atoms. The lowest BCUT2D eigenvalue weighted by molar-refractivity contribution is 0.595. The van der Waals surface area contributed by atoms with Crippen LogP contribution in [0.15, 0.2) is 22.4 Å². The quantitative estimate of drug-likeness (QED) is 0.624. The average molecular weight is 221 g/mol. The molecule has 0 atom stereocenters. The van der Waals surface area contributed by atoms with Crippen LogP contribution < -0.4 is 5.53 Å². The summed E-state index contributed by atoms with van der Waals surface area (Å²) in [5, 5.41) is 8.00. The molecule has 0 aromatic rings. The number of hydrazone groups is 2. The summed E-state index contributed by atoms with van der Waals surface area (Å²) in [4.78, 5) is 0. The molecule has 16 heavy (non-hydrogen) atoms. The first-order valence-corrected chi connectivity index (χ1v) is 6.45. The van der Waals surface area contributed by atoms with Crippen LogP contribution in [0.25, 0.3) is 0 Å². The molecule has 0 aliphatic carbocycles. The Kier molecular flexibility index (Phi) is 7.39. The topological polar surface area (TPSA) is 36.8 Å². The molecule has 0 fully saturated rings. The Morgan fingerprint density at radius 1 is 1.06 bits per heavy atom. The van der Waals surface area contributed by atoms with Crippen LogP contribution in [0, 0.1) is 0 Å². The van der Waals surface area contributed by atoms with E-state index in [1.54, 1.807) is 6.21 Å². The normalized spacial score (nSPS) is 14.4. The smallest absolute Gasteiger partial charge is 0.0624 e. The van der Waals surface area contributed by atoms with Crippen molar-refractivity contribution in [1.29, 1.82) is 0 Å². The van der Waals surface area contributed by atoms with Crippen LogP contribution in [0.3, 0.4) is 0 Å². The van der Waals surface area contributed by atoms with Gasteiger partial charge in [0.05, 0.1) is 5.71 Å². The zero-order valence-electron chi connectivity index (χ0n) is 10.3. The van der Waals surface area contributed by atoms with Gasteiger partial charge in [-0.3, -0.25) is 0 Å². The van der Waals surface area contributed by atoms with Gasteiger partial charge in [-0.2, -0.15) is 15.7 Å². The number of allylic oxidation sites excluding steroid dienone is 2. The maximum atomic E-state index is 4.15. The maximum absolute atomic E-state index is 4.15. The van der Waals surface area contributed by atoms with E-state index >= 15 is 0 Å². The number of hydrogen-bond donors (Lipinski definition) is 1. The summed E-state index contributed by atoms with van der Waals surface area (Å²) < 4.78 is 0. The monoisotopic (exact) mass is 221 g/mol. The second-order valence-corrected chi connectivity index (χ2v) is 4.21. The van der Waals surface area contributed by atoms with Gasteiger partial charge >= 0.3 is 0 Å². The van der Waals surface area contributed by atoms with Gasteiger partial charge in [0.2, 0.25) is 0 Å². The minimum absolute atomic E-state index is 1.06. The van der Waals surface area contributed by atoms with Gasteiger partial charge in [0, 0.05) is 6.21 Å². The molecule has 0 aromatic heterocycles. The molecule has 1 heterocycles. The Morgan fingerprint density at radius 3 is 2.62 bits per heavy atom. The third-order valence-electron chi connectivity index (χ3n) is 2.74. The number of nitrogens with zero attached hydrogens (tertiary/aromatic N) is 2. The minimum Gasteiger partial charge on any atom is -0.198 e. The van der Waals surface area contributed by atoms with Gasteiger partial charge in [-0.05, 0) is 25.0 Å². The second-order valence-electron chi connectivity index (χ2n) is 4.21. The molecule has 0 saturated carbocycles. The molecule has 3 heteroatoms. The van der Waals surface area contributed by atoms with Crippen LogP contribution in [0.4, 0.5) is 0 Å². The molecule has 1 N–H and O–H groups in total. The Morgan fingerprint density at radius 2 is 1.81 bits per heavy atom. The summed E-state index contributed by atoms with van der Waals surface area (Å²) in [6.45, 7) is 2.26. The highest BCUT2D eigenvalue weighted by molar-refractivity contribution is 5.98. The van der Waals surface area contributed by atoms with E-state index in [2.05, 4.69) is 22.7 Å². The summed E-state index contributed by atoms with van der Waals surface area (Å²) >= 11 is 0. The van der Waals surface area contributed by atoms with Crippen molar-refractivity contribution < 1.29 is 0 Å². The molecule has 1 aliphatic rings. The average Bonchev–Trinajstić information content (AvgIpc) is 2.56. The SMILES string of the molecule is CCCCCCCCCC1=NNN=CC=C1. The third-order valence-corrected chi connectivity index (χ3v) is 2.74. The van der Waals surface area contributed by atoms with Gasteiger partial charge in [-0.15, -0.1) is 0 Å². The Labute approximate surface area is 98.7 Å². The van der Waals surface area contributed by atoms with E-state index in [0.29, 0.717) is 0 Å². The summed E-state index contributed by atoms with van der Waals surface area (Å²) in [6, 6.07) is 0. The van der Waals surface area contributed by atoms with Crippen molar-refractivity contribution in [3.05, 3.63) is 12.2 Å². The highest BCUT2D eigenvalue weighted by Crippen LogP contribution is 2.09. The highest BCUT2D eigenvalue weighted by Gasteiger charge is 1.97. The summed E-state index contributed by atoms with van der Waals surface area (Å²) in [6.07, 6.45) is 16.1. The fourth-order valence-electron chi connectivity index (χ4n) is 1.76. The lowest BCUT2D eigenvalue weighted by Crippen LogP contribution is -2.00. The summed E-state index contributed by atoms with van der Waals surface area (Å²) in [5.41, 5.74) is 3.76. The van der Waals surface area contributed by atoms with Crippen LogP contribution in [0.2, 0.25) is 0 Å². The molecule has 90 valence electrons. The first-order valence-electron chi connectivity index (χ1n) is 6.45. The van der Waals surface area contributed by atoms with Crippen molar-refractivity contribution in [3.8, 4) is 0 Å². The van der Waals surface area contributed by atoms with Gasteiger partial charge < -0.3 is 0 Å². The van der Waals surface area contributed by atoms with Gasteiger partial charge in [0.25, 0.3) is 0 Å². The molecular weight excluding hydrogens is 198 g/mol. The number of rotatable bonds is 8. The minimum atomic E-state index is 1.06. The Hall–Kier alpha value is -1.12. The molecule has 1 aliphatic heterocycles. The van der Waals surface area contributed by atoms with Crippen molar-refractivity contribution >= 4 is 11.9 Å². The highest BCUT2D eigenvalue weighted by atomic mass is 15.5. The predicted molar refractivity (Wildman–Crippen MR) is 70.8 cm³/mol. The van der Waals surface area contributed by atoms with E-state index in [4.69, 9.17) is 0 Å². The molecular formula is C13H23N3. The van der Waals surface area contributed by atoms with E-state index in [9.17, 15) is 0 Å². The van der Waals surface area contributed by atoms with Gasteiger partial charge in [-0.1, -0.05) is 45.4 Å². The van der Waals surface area contributed by atoms with Crippen molar-refractivity contribution in [2.24, 2.45) is 10.2 Å². The van der Waals surface area contributed by atoms with Crippen molar-refractivity contribution in [2.75, 3.05) is 0 Å². The molecule has 1 rings (SSSR count). The van der Waals surface area contributed by atoms with E-state index in [1.807, 2.05) is 12.2 Å². The standard InChI is InChI=1S/C13H23N3/c1-2-3-4-5-6-7-8-10-13-11-9-12-14-16-15-13/h9,11-12,16H,2-8,10H2,1H3. The molecule has 0 spiro atoms. The zero-order valence-corrected chi connectivity index (χ0v) is 10.3. The molecule has 0 unspecified atom stereocenters. The van der Waals surface area contributed by atoms with E-state index in [1.165, 1.54) is 44.9 Å². The lowest BCUT2D eigenvalue weighted by Gasteiger charge is -2.01. The number of unbranched alkanes of at least 4 members (excludes halogenated alkanes) is 6. The fraction of sp³-hybridized carbons (Fsp3) is 0.692. The van der Waals surface area contributed by atoms with E-state index in [-0.39, 0.29) is 0 Å². The van der Waals surface area contributed by atoms with Gasteiger partial charge in [-0.25, -0.2) is 0 Å². The largest absolute Gasteiger partial charge is 0.198 e. The Balaban J connectivity index is 1.96. The molecule has 3 nitrogen and oxygen atoms in total. The zero-order chi connectivity index (χ0) is 11.5. The van der Waals surface area contributed by atoms with E-state index in [0.717, 1.165) is 12.1 Å². The fourth-order valence-corrected chi connectivity index (χ4v) is 1.76. The first-order chi connectivity index (χ1) is 7.93. The van der Waals surface area contributed by atoms with Crippen LogP contribution in [-0.4, -0.2) is 11.9 Å². The molecule has 0 amide bonds. The number of nitrogens with one attached hydrogen (secondary N) is 1. The van der Waals surface area contributed by atoms with Crippen LogP contribution >= 0.6 is 0 Å².